The third kappa shape index (κ3) is 3.57. The number of hydrogen-bond donors (Lipinski definition) is 1. The van der Waals surface area contributed by atoms with E-state index < -0.39 is 0 Å². The van der Waals surface area contributed by atoms with Crippen molar-refractivity contribution in [2.24, 2.45) is 11.8 Å². The first-order chi connectivity index (χ1) is 9.15. The molecule has 1 fully saturated rings. The number of benzene rings is 1. The van der Waals surface area contributed by atoms with E-state index in [1.807, 2.05) is 13.1 Å². The standard InChI is InChI=1S/C16H23BrFN/c1-3-11-4-6-12(7-5-11)16(19-2)14-9-8-13(18)10-15(14)17/h8-12,16,19H,3-7H2,1-2H3. The summed E-state index contributed by atoms with van der Waals surface area (Å²) in [6.45, 7) is 2.29. The Morgan fingerprint density at radius 2 is 2.00 bits per heavy atom. The van der Waals surface area contributed by atoms with Gasteiger partial charge in [0.25, 0.3) is 0 Å². The van der Waals surface area contributed by atoms with Crippen molar-refractivity contribution in [2.75, 3.05) is 7.05 Å². The van der Waals surface area contributed by atoms with Gasteiger partial charge in [-0.3, -0.25) is 0 Å². The molecule has 0 aromatic heterocycles. The maximum Gasteiger partial charge on any atom is 0.124 e. The molecule has 3 heteroatoms. The van der Waals surface area contributed by atoms with Crippen LogP contribution in [0.1, 0.15) is 50.6 Å². The van der Waals surface area contributed by atoms with Crippen LogP contribution >= 0.6 is 15.9 Å². The summed E-state index contributed by atoms with van der Waals surface area (Å²) in [4.78, 5) is 0. The maximum absolute atomic E-state index is 13.2. The molecular weight excluding hydrogens is 305 g/mol. The second kappa shape index (κ2) is 6.85. The first kappa shape index (κ1) is 15.0. The quantitative estimate of drug-likeness (QED) is 0.814. The van der Waals surface area contributed by atoms with Crippen LogP contribution in [0.2, 0.25) is 0 Å². The largest absolute Gasteiger partial charge is 0.313 e. The topological polar surface area (TPSA) is 12.0 Å². The molecular formula is C16H23BrFN. The zero-order chi connectivity index (χ0) is 13.8. The molecule has 1 aromatic carbocycles. The molecule has 2 rings (SSSR count). The molecule has 1 atom stereocenters. The summed E-state index contributed by atoms with van der Waals surface area (Å²) in [5, 5.41) is 3.43. The van der Waals surface area contributed by atoms with Crippen LogP contribution < -0.4 is 5.32 Å². The lowest BCUT2D eigenvalue weighted by Crippen LogP contribution is -2.29. The fraction of sp³-hybridized carbons (Fsp3) is 0.625. The van der Waals surface area contributed by atoms with E-state index in [-0.39, 0.29) is 5.82 Å². The van der Waals surface area contributed by atoms with Crippen LogP contribution in [0.4, 0.5) is 4.39 Å². The summed E-state index contributed by atoms with van der Waals surface area (Å²) < 4.78 is 14.1. The molecule has 0 spiro atoms. The maximum atomic E-state index is 13.2. The average Bonchev–Trinajstić information content (AvgIpc) is 2.42. The molecule has 1 N–H and O–H groups in total. The number of nitrogens with one attached hydrogen (secondary N) is 1. The smallest absolute Gasteiger partial charge is 0.124 e. The number of hydrogen-bond acceptors (Lipinski definition) is 1. The van der Waals surface area contributed by atoms with E-state index in [1.54, 1.807) is 12.1 Å². The molecule has 1 nitrogen and oxygen atoms in total. The molecule has 0 heterocycles. The van der Waals surface area contributed by atoms with Crippen molar-refractivity contribution in [1.82, 2.24) is 5.32 Å². The highest BCUT2D eigenvalue weighted by atomic mass is 79.9. The van der Waals surface area contributed by atoms with Gasteiger partial charge in [-0.05, 0) is 49.4 Å². The van der Waals surface area contributed by atoms with E-state index in [0.29, 0.717) is 12.0 Å². The van der Waals surface area contributed by atoms with E-state index in [2.05, 4.69) is 28.2 Å². The van der Waals surface area contributed by atoms with Gasteiger partial charge in [0, 0.05) is 10.5 Å². The lowest BCUT2D eigenvalue weighted by molar-refractivity contribution is 0.224. The summed E-state index contributed by atoms with van der Waals surface area (Å²) in [6, 6.07) is 5.36. The van der Waals surface area contributed by atoms with Gasteiger partial charge in [0.1, 0.15) is 5.82 Å². The van der Waals surface area contributed by atoms with Crippen molar-refractivity contribution >= 4 is 15.9 Å². The molecule has 106 valence electrons. The van der Waals surface area contributed by atoms with Crippen molar-refractivity contribution < 1.29 is 4.39 Å². The summed E-state index contributed by atoms with van der Waals surface area (Å²) in [6.07, 6.45) is 6.51. The molecule has 0 saturated heterocycles. The monoisotopic (exact) mass is 327 g/mol. The lowest BCUT2D eigenvalue weighted by atomic mass is 9.76. The third-order valence-electron chi connectivity index (χ3n) is 4.55. The summed E-state index contributed by atoms with van der Waals surface area (Å²) >= 11 is 3.50. The van der Waals surface area contributed by atoms with E-state index in [4.69, 9.17) is 0 Å². The molecule has 1 aromatic rings. The van der Waals surface area contributed by atoms with Gasteiger partial charge < -0.3 is 5.32 Å². The molecule has 1 aliphatic carbocycles. The molecule has 19 heavy (non-hydrogen) atoms. The van der Waals surface area contributed by atoms with E-state index in [0.717, 1.165) is 10.4 Å². The first-order valence-electron chi connectivity index (χ1n) is 7.28. The minimum atomic E-state index is -0.180. The molecule has 1 aliphatic rings. The minimum Gasteiger partial charge on any atom is -0.313 e. The van der Waals surface area contributed by atoms with E-state index in [1.165, 1.54) is 37.7 Å². The highest BCUT2D eigenvalue weighted by Gasteiger charge is 2.28. The van der Waals surface area contributed by atoms with Crippen molar-refractivity contribution in [3.05, 3.63) is 34.1 Å². The second-order valence-corrected chi connectivity index (χ2v) is 6.48. The Hall–Kier alpha value is -0.410. The van der Waals surface area contributed by atoms with Gasteiger partial charge in [-0.15, -0.1) is 0 Å². The van der Waals surface area contributed by atoms with Gasteiger partial charge in [0.2, 0.25) is 0 Å². The summed E-state index contributed by atoms with van der Waals surface area (Å²) in [5.74, 6) is 1.39. The van der Waals surface area contributed by atoms with E-state index >= 15 is 0 Å². The molecule has 0 amide bonds. The third-order valence-corrected chi connectivity index (χ3v) is 5.24. The van der Waals surface area contributed by atoms with Gasteiger partial charge in [-0.2, -0.15) is 0 Å². The van der Waals surface area contributed by atoms with Crippen molar-refractivity contribution in [3.8, 4) is 0 Å². The molecule has 1 saturated carbocycles. The van der Waals surface area contributed by atoms with Crippen LogP contribution in [0.3, 0.4) is 0 Å². The normalized spacial score (nSPS) is 25.3. The summed E-state index contributed by atoms with van der Waals surface area (Å²) in [7, 11) is 2.01. The van der Waals surface area contributed by atoms with E-state index in [9.17, 15) is 4.39 Å². The van der Waals surface area contributed by atoms with Crippen LogP contribution in [0.5, 0.6) is 0 Å². The van der Waals surface area contributed by atoms with Crippen LogP contribution in [-0.2, 0) is 0 Å². The Labute approximate surface area is 124 Å². The van der Waals surface area contributed by atoms with Crippen LogP contribution in [-0.4, -0.2) is 7.05 Å². The van der Waals surface area contributed by atoms with Crippen molar-refractivity contribution in [3.63, 3.8) is 0 Å². The Balaban J connectivity index is 2.12. The van der Waals surface area contributed by atoms with Crippen LogP contribution in [0, 0.1) is 17.7 Å². The predicted octanol–water partition coefficient (Wildman–Crippen LogP) is 5.07. The highest BCUT2D eigenvalue weighted by Crippen LogP contribution is 2.39. The fourth-order valence-electron chi connectivity index (χ4n) is 3.33. The Morgan fingerprint density at radius 3 is 2.53 bits per heavy atom. The van der Waals surface area contributed by atoms with Crippen LogP contribution in [0.15, 0.2) is 22.7 Å². The van der Waals surface area contributed by atoms with Gasteiger partial charge >= 0.3 is 0 Å². The Morgan fingerprint density at radius 1 is 1.32 bits per heavy atom. The fourth-order valence-corrected chi connectivity index (χ4v) is 3.93. The van der Waals surface area contributed by atoms with Crippen LogP contribution in [0.25, 0.3) is 0 Å². The zero-order valence-corrected chi connectivity index (χ0v) is 13.3. The first-order valence-corrected chi connectivity index (χ1v) is 8.07. The predicted molar refractivity (Wildman–Crippen MR) is 81.6 cm³/mol. The SMILES string of the molecule is CCC1CCC(C(NC)c2ccc(F)cc2Br)CC1. The van der Waals surface area contributed by atoms with Crippen molar-refractivity contribution in [1.29, 1.82) is 0 Å². The second-order valence-electron chi connectivity index (χ2n) is 5.62. The van der Waals surface area contributed by atoms with Gasteiger partial charge in [0.15, 0.2) is 0 Å². The highest BCUT2D eigenvalue weighted by molar-refractivity contribution is 9.10. The molecule has 0 radical (unpaired) electrons. The molecule has 0 aliphatic heterocycles. The summed E-state index contributed by atoms with van der Waals surface area (Å²) in [5.41, 5.74) is 1.18. The zero-order valence-electron chi connectivity index (χ0n) is 11.8. The Bertz CT molecular complexity index is 413. The Kier molecular flexibility index (Phi) is 5.40. The molecule has 0 bridgehead atoms. The van der Waals surface area contributed by atoms with Gasteiger partial charge in [-0.1, -0.05) is 48.2 Å². The average molecular weight is 328 g/mol. The van der Waals surface area contributed by atoms with Gasteiger partial charge in [0.05, 0.1) is 0 Å². The number of rotatable bonds is 4. The number of halogens is 2. The van der Waals surface area contributed by atoms with Gasteiger partial charge in [-0.25, -0.2) is 4.39 Å². The van der Waals surface area contributed by atoms with Crippen molar-refractivity contribution in [2.45, 2.75) is 45.1 Å². The molecule has 1 unspecified atom stereocenters. The minimum absolute atomic E-state index is 0.180. The lowest BCUT2D eigenvalue weighted by Gasteiger charge is -2.34.